The Morgan fingerprint density at radius 1 is 1.18 bits per heavy atom. The van der Waals surface area contributed by atoms with Gasteiger partial charge in [-0.25, -0.2) is 4.39 Å². The Kier molecular flexibility index (Phi) is 5.64. The standard InChI is InChI=1S/C18H21FN2O/c1-13(2)12-21-18(22)17(11-16-5-3-4-10-20-16)14-6-8-15(19)9-7-14/h3-10,13,17H,11-12H2,1-2H3,(H,21,22). The van der Waals surface area contributed by atoms with E-state index in [1.807, 2.05) is 32.0 Å². The fourth-order valence-electron chi connectivity index (χ4n) is 2.21. The van der Waals surface area contributed by atoms with Crippen molar-refractivity contribution in [2.75, 3.05) is 6.54 Å². The molecule has 1 N–H and O–H groups in total. The number of carbonyl (C=O) groups excluding carboxylic acids is 1. The monoisotopic (exact) mass is 300 g/mol. The molecule has 0 saturated heterocycles. The fraction of sp³-hybridized carbons (Fsp3) is 0.333. The number of nitrogens with zero attached hydrogens (tertiary/aromatic N) is 1. The van der Waals surface area contributed by atoms with E-state index in [-0.39, 0.29) is 17.6 Å². The first kappa shape index (κ1) is 16.1. The van der Waals surface area contributed by atoms with Crippen LogP contribution in [-0.2, 0) is 11.2 Å². The molecule has 22 heavy (non-hydrogen) atoms. The first-order valence-electron chi connectivity index (χ1n) is 7.49. The SMILES string of the molecule is CC(C)CNC(=O)C(Cc1ccccn1)c1ccc(F)cc1. The van der Waals surface area contributed by atoms with Crippen LogP contribution in [0, 0.1) is 11.7 Å². The van der Waals surface area contributed by atoms with Crippen molar-refractivity contribution >= 4 is 5.91 Å². The van der Waals surface area contributed by atoms with Gasteiger partial charge in [0, 0.05) is 24.9 Å². The van der Waals surface area contributed by atoms with Crippen molar-refractivity contribution in [2.45, 2.75) is 26.2 Å². The van der Waals surface area contributed by atoms with Crippen LogP contribution < -0.4 is 5.32 Å². The minimum absolute atomic E-state index is 0.0500. The largest absolute Gasteiger partial charge is 0.355 e. The molecule has 1 unspecified atom stereocenters. The van der Waals surface area contributed by atoms with Crippen molar-refractivity contribution in [1.29, 1.82) is 0 Å². The van der Waals surface area contributed by atoms with Crippen LogP contribution in [0.15, 0.2) is 48.7 Å². The maximum atomic E-state index is 13.1. The lowest BCUT2D eigenvalue weighted by Gasteiger charge is -2.18. The molecule has 0 radical (unpaired) electrons. The molecule has 1 amide bonds. The van der Waals surface area contributed by atoms with Crippen LogP contribution in [0.5, 0.6) is 0 Å². The summed E-state index contributed by atoms with van der Waals surface area (Å²) in [6.45, 7) is 4.72. The van der Waals surface area contributed by atoms with Gasteiger partial charge in [-0.1, -0.05) is 32.0 Å². The minimum atomic E-state index is -0.366. The van der Waals surface area contributed by atoms with Gasteiger partial charge in [0.1, 0.15) is 5.82 Å². The molecule has 0 aliphatic heterocycles. The number of halogens is 1. The number of hydrogen-bond donors (Lipinski definition) is 1. The lowest BCUT2D eigenvalue weighted by atomic mass is 9.93. The predicted molar refractivity (Wildman–Crippen MR) is 84.9 cm³/mol. The van der Waals surface area contributed by atoms with E-state index in [2.05, 4.69) is 10.3 Å². The van der Waals surface area contributed by atoms with Gasteiger partial charge in [0.05, 0.1) is 5.92 Å². The smallest absolute Gasteiger partial charge is 0.227 e. The van der Waals surface area contributed by atoms with Crippen molar-refractivity contribution in [3.8, 4) is 0 Å². The molecule has 3 nitrogen and oxygen atoms in total. The number of benzene rings is 1. The molecule has 0 aliphatic carbocycles. The molecule has 0 spiro atoms. The molecule has 1 heterocycles. The second kappa shape index (κ2) is 7.69. The van der Waals surface area contributed by atoms with Gasteiger partial charge >= 0.3 is 0 Å². The van der Waals surface area contributed by atoms with Crippen LogP contribution in [0.1, 0.15) is 31.0 Å². The molecular weight excluding hydrogens is 279 g/mol. The van der Waals surface area contributed by atoms with Gasteiger partial charge in [-0.15, -0.1) is 0 Å². The van der Waals surface area contributed by atoms with Crippen LogP contribution in [0.3, 0.4) is 0 Å². The molecule has 0 bridgehead atoms. The van der Waals surface area contributed by atoms with Gasteiger partial charge in [-0.2, -0.15) is 0 Å². The lowest BCUT2D eigenvalue weighted by Crippen LogP contribution is -2.33. The maximum Gasteiger partial charge on any atom is 0.227 e. The Hall–Kier alpha value is -2.23. The highest BCUT2D eigenvalue weighted by Gasteiger charge is 2.21. The Bertz CT molecular complexity index is 596. The molecule has 0 saturated carbocycles. The van der Waals surface area contributed by atoms with E-state index in [0.29, 0.717) is 18.9 Å². The summed E-state index contributed by atoms with van der Waals surface area (Å²) in [7, 11) is 0. The fourth-order valence-corrected chi connectivity index (χ4v) is 2.21. The minimum Gasteiger partial charge on any atom is -0.355 e. The maximum absolute atomic E-state index is 13.1. The third-order valence-electron chi connectivity index (χ3n) is 3.41. The van der Waals surface area contributed by atoms with Crippen molar-refractivity contribution in [3.63, 3.8) is 0 Å². The molecule has 1 atom stereocenters. The predicted octanol–water partition coefficient (Wildman–Crippen LogP) is 3.32. The summed E-state index contributed by atoms with van der Waals surface area (Å²) in [6.07, 6.45) is 2.21. The molecule has 4 heteroatoms. The van der Waals surface area contributed by atoms with Gasteiger partial charge in [-0.05, 0) is 35.7 Å². The van der Waals surface area contributed by atoms with Crippen molar-refractivity contribution in [1.82, 2.24) is 10.3 Å². The van der Waals surface area contributed by atoms with Gasteiger partial charge in [0.2, 0.25) is 5.91 Å². The third kappa shape index (κ3) is 4.65. The second-order valence-corrected chi connectivity index (χ2v) is 5.77. The number of pyridine rings is 1. The summed E-state index contributed by atoms with van der Waals surface area (Å²) in [5, 5.41) is 2.96. The Balaban J connectivity index is 2.20. The van der Waals surface area contributed by atoms with E-state index < -0.39 is 0 Å². The van der Waals surface area contributed by atoms with Crippen LogP contribution in [0.2, 0.25) is 0 Å². The first-order valence-corrected chi connectivity index (χ1v) is 7.49. The summed E-state index contributed by atoms with van der Waals surface area (Å²) in [6, 6.07) is 11.7. The lowest BCUT2D eigenvalue weighted by molar-refractivity contribution is -0.122. The van der Waals surface area contributed by atoms with Crippen LogP contribution in [-0.4, -0.2) is 17.4 Å². The summed E-state index contributed by atoms with van der Waals surface area (Å²) in [5.74, 6) is -0.337. The van der Waals surface area contributed by atoms with Gasteiger partial charge < -0.3 is 5.32 Å². The topological polar surface area (TPSA) is 42.0 Å². The molecule has 1 aromatic carbocycles. The third-order valence-corrected chi connectivity index (χ3v) is 3.41. The van der Waals surface area contributed by atoms with Crippen LogP contribution in [0.25, 0.3) is 0 Å². The average molecular weight is 300 g/mol. The molecule has 2 aromatic rings. The Morgan fingerprint density at radius 2 is 1.91 bits per heavy atom. The molecular formula is C18H21FN2O. The van der Waals surface area contributed by atoms with Crippen molar-refractivity contribution < 1.29 is 9.18 Å². The quantitative estimate of drug-likeness (QED) is 0.889. The number of nitrogens with one attached hydrogen (secondary N) is 1. The molecule has 1 aromatic heterocycles. The van der Waals surface area contributed by atoms with Gasteiger partial charge in [0.15, 0.2) is 0 Å². The number of aromatic nitrogens is 1. The zero-order valence-corrected chi connectivity index (χ0v) is 12.9. The van der Waals surface area contributed by atoms with Crippen molar-refractivity contribution in [3.05, 3.63) is 65.7 Å². The zero-order valence-electron chi connectivity index (χ0n) is 12.9. The van der Waals surface area contributed by atoms with E-state index in [9.17, 15) is 9.18 Å². The van der Waals surface area contributed by atoms with Crippen molar-refractivity contribution in [2.24, 2.45) is 5.92 Å². The first-order chi connectivity index (χ1) is 10.6. The molecule has 0 fully saturated rings. The number of carbonyl (C=O) groups is 1. The average Bonchev–Trinajstić information content (AvgIpc) is 2.52. The van der Waals surface area contributed by atoms with E-state index >= 15 is 0 Å². The summed E-state index contributed by atoms with van der Waals surface area (Å²) >= 11 is 0. The second-order valence-electron chi connectivity index (χ2n) is 5.77. The Labute approximate surface area is 130 Å². The molecule has 2 rings (SSSR count). The normalized spacial score (nSPS) is 12.2. The number of rotatable bonds is 6. The highest BCUT2D eigenvalue weighted by atomic mass is 19.1. The number of amides is 1. The van der Waals surface area contributed by atoms with E-state index in [1.54, 1.807) is 18.3 Å². The van der Waals surface area contributed by atoms with Crippen LogP contribution >= 0.6 is 0 Å². The van der Waals surface area contributed by atoms with E-state index in [4.69, 9.17) is 0 Å². The van der Waals surface area contributed by atoms with E-state index in [0.717, 1.165) is 11.3 Å². The van der Waals surface area contributed by atoms with E-state index in [1.165, 1.54) is 12.1 Å². The van der Waals surface area contributed by atoms with Gasteiger partial charge in [-0.3, -0.25) is 9.78 Å². The summed E-state index contributed by atoms with van der Waals surface area (Å²) < 4.78 is 13.1. The summed E-state index contributed by atoms with van der Waals surface area (Å²) in [5.41, 5.74) is 1.64. The highest BCUT2D eigenvalue weighted by molar-refractivity contribution is 5.83. The zero-order chi connectivity index (χ0) is 15.9. The number of hydrogen-bond acceptors (Lipinski definition) is 2. The summed E-state index contributed by atoms with van der Waals surface area (Å²) in [4.78, 5) is 16.8. The Morgan fingerprint density at radius 3 is 2.50 bits per heavy atom. The van der Waals surface area contributed by atoms with Crippen LogP contribution in [0.4, 0.5) is 4.39 Å². The molecule has 116 valence electrons. The molecule has 0 aliphatic rings. The van der Waals surface area contributed by atoms with Gasteiger partial charge in [0.25, 0.3) is 0 Å². The highest BCUT2D eigenvalue weighted by Crippen LogP contribution is 2.21.